The van der Waals surface area contributed by atoms with Gasteiger partial charge in [-0.3, -0.25) is 9.59 Å². The lowest BCUT2D eigenvalue weighted by atomic mass is 10.0. The summed E-state index contributed by atoms with van der Waals surface area (Å²) in [5.74, 6) is 2.64. The Balaban J connectivity index is 2.35. The lowest BCUT2D eigenvalue weighted by Crippen LogP contribution is -2.34. The van der Waals surface area contributed by atoms with Crippen LogP contribution >= 0.6 is 0 Å². The number of hydrogen-bond acceptors (Lipinski definition) is 4. The standard InChI is InChI=1S/C19H21N3O3/c1-5-12-25-14-10-8-13(9-11-14)22(4)19(24)17-15(6-2)16(7-3)20-21-18(17)23/h1,8-11H,6-7,12H2,2-4H3,(H,21,23). The highest BCUT2D eigenvalue weighted by Gasteiger charge is 2.22. The summed E-state index contributed by atoms with van der Waals surface area (Å²) in [6, 6.07) is 6.94. The summed E-state index contributed by atoms with van der Waals surface area (Å²) in [5.41, 5.74) is 1.74. The van der Waals surface area contributed by atoms with E-state index in [0.29, 0.717) is 29.8 Å². The minimum Gasteiger partial charge on any atom is -0.481 e. The van der Waals surface area contributed by atoms with Crippen molar-refractivity contribution in [1.29, 1.82) is 0 Å². The highest BCUT2D eigenvalue weighted by molar-refractivity contribution is 6.06. The van der Waals surface area contributed by atoms with Crippen LogP contribution in [0.2, 0.25) is 0 Å². The molecule has 25 heavy (non-hydrogen) atoms. The number of nitrogens with one attached hydrogen (secondary N) is 1. The first-order chi connectivity index (χ1) is 12.0. The van der Waals surface area contributed by atoms with E-state index in [1.807, 2.05) is 13.8 Å². The van der Waals surface area contributed by atoms with Gasteiger partial charge in [0.25, 0.3) is 11.5 Å². The van der Waals surface area contributed by atoms with Crippen molar-refractivity contribution in [2.75, 3.05) is 18.6 Å². The lowest BCUT2D eigenvalue weighted by Gasteiger charge is -2.19. The summed E-state index contributed by atoms with van der Waals surface area (Å²) in [5, 5.41) is 6.46. The number of hydrogen-bond donors (Lipinski definition) is 1. The summed E-state index contributed by atoms with van der Waals surface area (Å²) in [6.45, 7) is 4.02. The van der Waals surface area contributed by atoms with Gasteiger partial charge < -0.3 is 9.64 Å². The Morgan fingerprint density at radius 3 is 2.52 bits per heavy atom. The van der Waals surface area contributed by atoms with Crippen LogP contribution in [0.25, 0.3) is 0 Å². The zero-order valence-corrected chi connectivity index (χ0v) is 14.6. The number of ether oxygens (including phenoxy) is 1. The van der Waals surface area contributed by atoms with Crippen molar-refractivity contribution in [3.8, 4) is 18.1 Å². The minimum absolute atomic E-state index is 0.143. The number of carbonyl (C=O) groups is 1. The molecule has 0 aliphatic carbocycles. The first kappa shape index (κ1) is 18.3. The SMILES string of the molecule is C#CCOc1ccc(N(C)C(=O)c2c(CC)c(CC)n[nH]c2=O)cc1. The normalized spacial score (nSPS) is 10.2. The number of H-pyrrole nitrogens is 1. The molecule has 1 aromatic carbocycles. The molecule has 6 heteroatoms. The topological polar surface area (TPSA) is 75.3 Å². The second kappa shape index (κ2) is 8.15. The van der Waals surface area contributed by atoms with Gasteiger partial charge in [0.15, 0.2) is 0 Å². The first-order valence-corrected chi connectivity index (χ1v) is 8.08. The van der Waals surface area contributed by atoms with Crippen LogP contribution in [0.3, 0.4) is 0 Å². The summed E-state index contributed by atoms with van der Waals surface area (Å²) in [4.78, 5) is 26.5. The smallest absolute Gasteiger partial charge is 0.277 e. The maximum absolute atomic E-state index is 12.9. The van der Waals surface area contributed by atoms with Gasteiger partial charge in [-0.2, -0.15) is 5.10 Å². The monoisotopic (exact) mass is 339 g/mol. The average molecular weight is 339 g/mol. The number of aryl methyl sites for hydroxylation is 1. The van der Waals surface area contributed by atoms with Gasteiger partial charge in [-0.25, -0.2) is 5.10 Å². The number of aromatic nitrogens is 2. The third-order valence-corrected chi connectivity index (χ3v) is 3.92. The molecule has 6 nitrogen and oxygen atoms in total. The Morgan fingerprint density at radius 2 is 1.96 bits per heavy atom. The van der Waals surface area contributed by atoms with Crippen molar-refractivity contribution in [1.82, 2.24) is 10.2 Å². The molecule has 0 saturated carbocycles. The van der Waals surface area contributed by atoms with E-state index in [-0.39, 0.29) is 18.1 Å². The van der Waals surface area contributed by atoms with Crippen molar-refractivity contribution < 1.29 is 9.53 Å². The van der Waals surface area contributed by atoms with Gasteiger partial charge in [0.05, 0.1) is 5.69 Å². The number of nitrogens with zero attached hydrogens (tertiary/aromatic N) is 2. The Labute approximate surface area is 146 Å². The number of aromatic amines is 1. The average Bonchev–Trinajstić information content (AvgIpc) is 2.65. The molecule has 0 spiro atoms. The van der Waals surface area contributed by atoms with E-state index in [1.165, 1.54) is 4.90 Å². The van der Waals surface area contributed by atoms with E-state index in [1.54, 1.807) is 31.3 Å². The largest absolute Gasteiger partial charge is 0.481 e. The van der Waals surface area contributed by atoms with Crippen molar-refractivity contribution in [3.63, 3.8) is 0 Å². The molecule has 1 amide bonds. The predicted molar refractivity (Wildman–Crippen MR) is 97.1 cm³/mol. The van der Waals surface area contributed by atoms with Gasteiger partial charge in [-0.1, -0.05) is 19.8 Å². The predicted octanol–water partition coefficient (Wildman–Crippen LogP) is 2.18. The third-order valence-electron chi connectivity index (χ3n) is 3.92. The van der Waals surface area contributed by atoms with Crippen LogP contribution in [0, 0.1) is 12.3 Å². The van der Waals surface area contributed by atoms with E-state index < -0.39 is 5.56 Å². The van der Waals surface area contributed by atoms with E-state index in [0.717, 1.165) is 5.69 Å². The quantitative estimate of drug-likeness (QED) is 0.819. The van der Waals surface area contributed by atoms with Crippen LogP contribution in [-0.4, -0.2) is 29.8 Å². The summed E-state index contributed by atoms with van der Waals surface area (Å²) < 4.78 is 5.32. The Bertz CT molecular complexity index is 848. The number of rotatable bonds is 6. The van der Waals surface area contributed by atoms with Gasteiger partial charge in [0.1, 0.15) is 17.9 Å². The van der Waals surface area contributed by atoms with Crippen molar-refractivity contribution in [3.05, 3.63) is 51.4 Å². The molecule has 0 radical (unpaired) electrons. The minimum atomic E-state index is -0.472. The molecule has 0 fully saturated rings. The van der Waals surface area contributed by atoms with Crippen LogP contribution < -0.4 is 15.2 Å². The van der Waals surface area contributed by atoms with Crippen LogP contribution in [0.15, 0.2) is 29.1 Å². The van der Waals surface area contributed by atoms with Crippen LogP contribution in [0.1, 0.15) is 35.5 Å². The van der Waals surface area contributed by atoms with E-state index >= 15 is 0 Å². The fourth-order valence-electron chi connectivity index (χ4n) is 2.60. The lowest BCUT2D eigenvalue weighted by molar-refractivity contribution is 0.0990. The zero-order valence-electron chi connectivity index (χ0n) is 14.6. The molecule has 130 valence electrons. The molecule has 2 rings (SSSR count). The van der Waals surface area contributed by atoms with Crippen molar-refractivity contribution in [2.45, 2.75) is 26.7 Å². The van der Waals surface area contributed by atoms with Gasteiger partial charge >= 0.3 is 0 Å². The number of amides is 1. The highest BCUT2D eigenvalue weighted by Crippen LogP contribution is 2.21. The molecular weight excluding hydrogens is 318 g/mol. The molecule has 0 aliphatic rings. The summed E-state index contributed by atoms with van der Waals surface area (Å²) in [6.07, 6.45) is 6.37. The van der Waals surface area contributed by atoms with Crippen molar-refractivity contribution >= 4 is 11.6 Å². The third kappa shape index (κ3) is 3.89. The maximum atomic E-state index is 12.9. The molecular formula is C19H21N3O3. The maximum Gasteiger partial charge on any atom is 0.277 e. The van der Waals surface area contributed by atoms with Crippen LogP contribution in [0.5, 0.6) is 5.75 Å². The number of terminal acetylenes is 1. The molecule has 0 saturated heterocycles. The fraction of sp³-hybridized carbons (Fsp3) is 0.316. The fourth-order valence-corrected chi connectivity index (χ4v) is 2.60. The second-order valence-electron chi connectivity index (χ2n) is 5.41. The number of benzene rings is 1. The summed E-state index contributed by atoms with van der Waals surface area (Å²) >= 11 is 0. The van der Waals surface area contributed by atoms with Gasteiger partial charge in [-0.05, 0) is 42.7 Å². The van der Waals surface area contributed by atoms with Gasteiger partial charge in [0.2, 0.25) is 0 Å². The van der Waals surface area contributed by atoms with Gasteiger partial charge in [-0.15, -0.1) is 6.42 Å². The van der Waals surface area contributed by atoms with Crippen LogP contribution in [-0.2, 0) is 12.8 Å². The Hall–Kier alpha value is -3.07. The Kier molecular flexibility index (Phi) is 5.96. The van der Waals surface area contributed by atoms with Gasteiger partial charge in [0, 0.05) is 12.7 Å². The number of anilines is 1. The Morgan fingerprint density at radius 1 is 1.28 bits per heavy atom. The molecule has 0 atom stereocenters. The number of carbonyl (C=O) groups excluding carboxylic acids is 1. The van der Waals surface area contributed by atoms with E-state index in [9.17, 15) is 9.59 Å². The molecule has 2 aromatic rings. The molecule has 1 heterocycles. The molecule has 1 aromatic heterocycles. The van der Waals surface area contributed by atoms with E-state index in [2.05, 4.69) is 16.1 Å². The molecule has 0 bridgehead atoms. The summed E-state index contributed by atoms with van der Waals surface area (Å²) in [7, 11) is 1.63. The van der Waals surface area contributed by atoms with E-state index in [4.69, 9.17) is 11.2 Å². The molecule has 0 aliphatic heterocycles. The van der Waals surface area contributed by atoms with Crippen molar-refractivity contribution in [2.24, 2.45) is 0 Å². The van der Waals surface area contributed by atoms with Crippen LogP contribution in [0.4, 0.5) is 5.69 Å². The first-order valence-electron chi connectivity index (χ1n) is 8.08. The molecule has 0 unspecified atom stereocenters. The zero-order chi connectivity index (χ0) is 18.4. The molecule has 1 N–H and O–H groups in total. The second-order valence-corrected chi connectivity index (χ2v) is 5.41. The highest BCUT2D eigenvalue weighted by atomic mass is 16.5.